The van der Waals surface area contributed by atoms with Crippen molar-refractivity contribution < 1.29 is 33.9 Å². The highest BCUT2D eigenvalue weighted by atomic mass is 16.3. The predicted octanol–water partition coefficient (Wildman–Crippen LogP) is 4.66. The number of nitrogens with one attached hydrogen (secondary N) is 5. The van der Waals surface area contributed by atoms with E-state index in [4.69, 9.17) is 0 Å². The normalized spacial score (nSPS) is 23.7. The summed E-state index contributed by atoms with van der Waals surface area (Å²) >= 11 is 0. The molecule has 2 unspecified atom stereocenters. The van der Waals surface area contributed by atoms with Crippen molar-refractivity contribution in [3.05, 3.63) is 35.5 Å². The van der Waals surface area contributed by atoms with Crippen molar-refractivity contribution in [1.29, 1.82) is 0 Å². The van der Waals surface area contributed by atoms with Gasteiger partial charge in [0.05, 0.1) is 11.6 Å². The molecule has 1 aliphatic heterocycles. The number of amides is 5. The number of H-pyrrole nitrogens is 1. The molecule has 1 aromatic carbocycles. The number of nitrogens with zero attached hydrogens (tertiary/aromatic N) is 1. The summed E-state index contributed by atoms with van der Waals surface area (Å²) < 4.78 is 0. The number of likely N-dealkylation sites (tertiary alicyclic amines) is 1. The van der Waals surface area contributed by atoms with Gasteiger partial charge in [0.15, 0.2) is 11.9 Å². The molecule has 6 N–H and O–H groups in total. The quantitative estimate of drug-likeness (QED) is 0.151. The molecular weight excluding hydrogens is 713 g/mol. The Bertz CT molecular complexity index is 1790. The van der Waals surface area contributed by atoms with Crippen molar-refractivity contribution in [3.63, 3.8) is 0 Å². The number of hydrogen-bond acceptors (Lipinski definition) is 7. The molecule has 4 fully saturated rings. The Balaban J connectivity index is 1.26. The standard InChI is InChI=1S/C43H62N6O7/c1-6-14-30(36(51)41(55)44-27-21-22-27)46-38(52)32-23-26-17-10-13-20-31(26)49(32)42(56)37(43(3,4)5)48-39(53)34(25-15-8-7-9-16-25)47-40(54)35-33(24(2)50)28-18-11-12-19-29(28)45-35/h11-12,18-19,25-27,30-32,34,36-37,45,51H,6-10,13-17,20-23H2,1-5H3,(H,44,55)(H,46,52)(H,47,54)(H,48,53)/t26-,30-,31-,32-,34-,36?,37?/m0/s1. The number of Topliss-reactive ketones (excluding diaryl/α,β-unsaturated/α-hetero) is 1. The number of carbonyl (C=O) groups excluding carboxylic acids is 6. The number of aromatic nitrogens is 1. The molecule has 0 radical (unpaired) electrons. The van der Waals surface area contributed by atoms with Gasteiger partial charge < -0.3 is 36.3 Å². The molecule has 1 saturated heterocycles. The van der Waals surface area contributed by atoms with Crippen LogP contribution in [0.2, 0.25) is 0 Å². The zero-order valence-corrected chi connectivity index (χ0v) is 33.7. The van der Waals surface area contributed by atoms with E-state index in [0.29, 0.717) is 30.2 Å². The van der Waals surface area contributed by atoms with E-state index < -0.39 is 59.3 Å². The van der Waals surface area contributed by atoms with Crippen molar-refractivity contribution in [1.82, 2.24) is 31.2 Å². The first-order chi connectivity index (χ1) is 26.7. The Morgan fingerprint density at radius 3 is 2.21 bits per heavy atom. The van der Waals surface area contributed by atoms with E-state index in [1.165, 1.54) is 6.92 Å². The van der Waals surface area contributed by atoms with Gasteiger partial charge in [-0.3, -0.25) is 28.8 Å². The van der Waals surface area contributed by atoms with Crippen LogP contribution in [0.25, 0.3) is 10.9 Å². The molecule has 6 rings (SSSR count). The fraction of sp³-hybridized carbons (Fsp3) is 0.674. The zero-order chi connectivity index (χ0) is 40.3. The number of ketones is 1. The van der Waals surface area contributed by atoms with Gasteiger partial charge in [0.2, 0.25) is 17.7 Å². The Hall–Kier alpha value is -4.26. The van der Waals surface area contributed by atoms with Gasteiger partial charge >= 0.3 is 0 Å². The number of aromatic amines is 1. The van der Waals surface area contributed by atoms with Crippen LogP contribution in [0.5, 0.6) is 0 Å². The van der Waals surface area contributed by atoms with Gasteiger partial charge in [-0.2, -0.15) is 0 Å². The Kier molecular flexibility index (Phi) is 12.9. The van der Waals surface area contributed by atoms with Gasteiger partial charge in [0.25, 0.3) is 11.8 Å². The number of aliphatic hydroxyl groups is 1. The van der Waals surface area contributed by atoms with E-state index in [0.717, 1.165) is 70.6 Å². The van der Waals surface area contributed by atoms with E-state index in [-0.39, 0.29) is 46.9 Å². The lowest BCUT2D eigenvalue weighted by molar-refractivity contribution is -0.147. The number of carbonyl (C=O) groups is 6. The second kappa shape index (κ2) is 17.5. The third-order valence-electron chi connectivity index (χ3n) is 12.5. The molecule has 2 aromatic rings. The van der Waals surface area contributed by atoms with Gasteiger partial charge in [-0.25, -0.2) is 0 Å². The number of fused-ring (bicyclic) bond motifs is 2. The molecule has 0 bridgehead atoms. The molecule has 56 heavy (non-hydrogen) atoms. The highest BCUT2D eigenvalue weighted by molar-refractivity contribution is 6.16. The first-order valence-electron chi connectivity index (χ1n) is 21.0. The number of rotatable bonds is 14. The summed E-state index contributed by atoms with van der Waals surface area (Å²) in [4.78, 5) is 88.3. The summed E-state index contributed by atoms with van der Waals surface area (Å²) in [6, 6.07) is 3.41. The maximum Gasteiger partial charge on any atom is 0.269 e. The maximum atomic E-state index is 15.0. The second-order valence-corrected chi connectivity index (χ2v) is 17.9. The molecule has 3 aliphatic carbocycles. The molecule has 5 amide bonds. The fourth-order valence-electron chi connectivity index (χ4n) is 9.39. The largest absolute Gasteiger partial charge is 0.381 e. The average Bonchev–Trinajstić information content (AvgIpc) is 3.76. The molecule has 3 saturated carbocycles. The van der Waals surface area contributed by atoms with Crippen LogP contribution in [0.3, 0.4) is 0 Å². The van der Waals surface area contributed by atoms with Crippen LogP contribution < -0.4 is 21.3 Å². The summed E-state index contributed by atoms with van der Waals surface area (Å²) in [5, 5.41) is 23.5. The monoisotopic (exact) mass is 774 g/mol. The first-order valence-corrected chi connectivity index (χ1v) is 21.0. The third kappa shape index (κ3) is 9.13. The molecule has 7 atom stereocenters. The van der Waals surface area contributed by atoms with Gasteiger partial charge in [-0.05, 0) is 81.6 Å². The predicted molar refractivity (Wildman–Crippen MR) is 213 cm³/mol. The average molecular weight is 775 g/mol. The lowest BCUT2D eigenvalue weighted by Crippen LogP contribution is -2.63. The number of benzene rings is 1. The lowest BCUT2D eigenvalue weighted by Gasteiger charge is -2.40. The molecule has 1 aromatic heterocycles. The van der Waals surface area contributed by atoms with Crippen molar-refractivity contribution in [2.45, 2.75) is 167 Å². The van der Waals surface area contributed by atoms with Crippen molar-refractivity contribution >= 4 is 46.2 Å². The minimum Gasteiger partial charge on any atom is -0.381 e. The Morgan fingerprint density at radius 1 is 0.875 bits per heavy atom. The topological polar surface area (TPSA) is 190 Å². The van der Waals surface area contributed by atoms with Gasteiger partial charge in [0.1, 0.15) is 23.8 Å². The maximum absolute atomic E-state index is 15.0. The van der Waals surface area contributed by atoms with E-state index in [9.17, 15) is 29.1 Å². The van der Waals surface area contributed by atoms with Crippen LogP contribution in [0.4, 0.5) is 0 Å². The van der Waals surface area contributed by atoms with E-state index >= 15 is 4.79 Å². The number of aliphatic hydroxyl groups excluding tert-OH is 1. The second-order valence-electron chi connectivity index (χ2n) is 17.9. The van der Waals surface area contributed by atoms with Gasteiger partial charge in [0, 0.05) is 23.0 Å². The van der Waals surface area contributed by atoms with Crippen LogP contribution in [-0.4, -0.2) is 92.7 Å². The minimum absolute atomic E-state index is 0.0587. The van der Waals surface area contributed by atoms with Gasteiger partial charge in [-0.1, -0.05) is 84.4 Å². The summed E-state index contributed by atoms with van der Waals surface area (Å²) in [5.74, 6) is -2.66. The molecular formula is C43H62N6O7. The SMILES string of the molecule is CCC[C@H](NC(=O)[C@@H]1C[C@@H]2CCCC[C@@H]2N1C(=O)C(NC(=O)[C@@H](NC(=O)c1[nH]c2ccccc2c1C(C)=O)C1CCCCC1)C(C)(C)C)C(O)C(=O)NC1CC1. The van der Waals surface area contributed by atoms with Crippen LogP contribution in [-0.2, 0) is 19.2 Å². The smallest absolute Gasteiger partial charge is 0.269 e. The molecule has 13 nitrogen and oxygen atoms in total. The molecule has 0 spiro atoms. The highest BCUT2D eigenvalue weighted by Gasteiger charge is 2.51. The minimum atomic E-state index is -1.42. The molecule has 4 aliphatic rings. The summed E-state index contributed by atoms with van der Waals surface area (Å²) in [5.41, 5.74) is 0.229. The molecule has 306 valence electrons. The fourth-order valence-corrected chi connectivity index (χ4v) is 9.39. The molecule has 13 heteroatoms. The zero-order valence-electron chi connectivity index (χ0n) is 33.7. The number of para-hydroxylation sites is 1. The summed E-state index contributed by atoms with van der Waals surface area (Å²) in [6.45, 7) is 8.97. The third-order valence-corrected chi connectivity index (χ3v) is 12.5. The summed E-state index contributed by atoms with van der Waals surface area (Å²) in [6.07, 6.45) is 9.60. The van der Waals surface area contributed by atoms with Crippen molar-refractivity contribution in [2.75, 3.05) is 0 Å². The Labute approximate surface area is 330 Å². The van der Waals surface area contributed by atoms with Crippen LogP contribution in [0, 0.1) is 17.3 Å². The van der Waals surface area contributed by atoms with Crippen LogP contribution in [0.15, 0.2) is 24.3 Å². The first kappa shape index (κ1) is 41.4. The van der Waals surface area contributed by atoms with Crippen molar-refractivity contribution in [3.8, 4) is 0 Å². The van der Waals surface area contributed by atoms with Crippen molar-refractivity contribution in [2.24, 2.45) is 17.3 Å². The van der Waals surface area contributed by atoms with Gasteiger partial charge in [-0.15, -0.1) is 0 Å². The van der Waals surface area contributed by atoms with Crippen LogP contribution in [0.1, 0.15) is 145 Å². The van der Waals surface area contributed by atoms with Crippen LogP contribution >= 0.6 is 0 Å². The van der Waals surface area contributed by atoms with E-state index in [2.05, 4.69) is 26.3 Å². The molecule has 2 heterocycles. The number of hydrogen-bond donors (Lipinski definition) is 6. The highest BCUT2D eigenvalue weighted by Crippen LogP contribution is 2.41. The lowest BCUT2D eigenvalue weighted by atomic mass is 9.81. The Morgan fingerprint density at radius 2 is 1.55 bits per heavy atom. The van der Waals surface area contributed by atoms with E-state index in [1.54, 1.807) is 23.1 Å². The van der Waals surface area contributed by atoms with E-state index in [1.807, 2.05) is 33.8 Å². The summed E-state index contributed by atoms with van der Waals surface area (Å²) in [7, 11) is 0.